The van der Waals surface area contributed by atoms with Crippen molar-refractivity contribution < 1.29 is 0 Å². The Labute approximate surface area is 82.2 Å². The molecule has 0 saturated heterocycles. The van der Waals surface area contributed by atoms with Gasteiger partial charge in [0.2, 0.25) is 0 Å². The Balaban J connectivity index is 0. The number of benzene rings is 1. The van der Waals surface area contributed by atoms with E-state index >= 15 is 0 Å². The van der Waals surface area contributed by atoms with Crippen molar-refractivity contribution in [3.8, 4) is 12.8 Å². The Hall–Kier alpha value is -1.26. The molecule has 0 radical (unpaired) electrons. The zero-order valence-electron chi connectivity index (χ0n) is 8.75. The van der Waals surface area contributed by atoms with Crippen molar-refractivity contribution >= 4 is 0 Å². The topological polar surface area (TPSA) is 12.0 Å². The monoisotopic (exact) mass is 177 g/mol. The molecule has 13 heavy (non-hydrogen) atoms. The van der Waals surface area contributed by atoms with E-state index in [0.717, 1.165) is 6.54 Å². The number of hydrogen-bond acceptors (Lipinski definition) is 1. The lowest BCUT2D eigenvalue weighted by atomic mass is 10.2. The minimum Gasteiger partial charge on any atom is -0.316 e. The summed E-state index contributed by atoms with van der Waals surface area (Å²) >= 11 is 0. The molecule has 1 rings (SSSR count). The molecule has 0 heterocycles. The summed E-state index contributed by atoms with van der Waals surface area (Å²) in [6.45, 7) is 4.96. The van der Waals surface area contributed by atoms with Crippen LogP contribution in [-0.4, -0.2) is 7.05 Å². The predicted molar refractivity (Wildman–Crippen MR) is 60.4 cm³/mol. The van der Waals surface area contributed by atoms with E-state index in [1.54, 1.807) is 0 Å². The van der Waals surface area contributed by atoms with E-state index in [-0.39, 0.29) is 0 Å². The second-order valence-corrected chi connectivity index (χ2v) is 2.02. The van der Waals surface area contributed by atoms with Crippen molar-refractivity contribution in [3.63, 3.8) is 0 Å². The minimum absolute atomic E-state index is 0.959. The average molecular weight is 177 g/mol. The van der Waals surface area contributed by atoms with Gasteiger partial charge in [-0.3, -0.25) is 0 Å². The minimum atomic E-state index is 0.959. The first kappa shape index (κ1) is 14.3. The molecular formula is C12H19N. The maximum atomic E-state index is 4.00. The molecule has 0 spiro atoms. The van der Waals surface area contributed by atoms with Crippen LogP contribution in [0, 0.1) is 12.8 Å². The summed E-state index contributed by atoms with van der Waals surface area (Å²) in [5.41, 5.74) is 1.33. The molecule has 0 atom stereocenters. The molecule has 0 saturated carbocycles. The molecule has 0 amide bonds. The molecule has 1 nitrogen and oxygen atoms in total. The van der Waals surface area contributed by atoms with Gasteiger partial charge < -0.3 is 5.32 Å². The van der Waals surface area contributed by atoms with Crippen LogP contribution in [-0.2, 0) is 6.54 Å². The summed E-state index contributed by atoms with van der Waals surface area (Å²) in [7, 11) is 1.95. The number of rotatable bonds is 2. The third kappa shape index (κ3) is 8.65. The molecule has 1 aromatic rings. The molecule has 0 unspecified atom stereocenters. The molecule has 0 aliphatic rings. The van der Waals surface area contributed by atoms with Crippen LogP contribution >= 0.6 is 0 Å². The number of nitrogens with one attached hydrogen (secondary N) is 1. The van der Waals surface area contributed by atoms with E-state index in [2.05, 4.69) is 30.3 Å². The lowest BCUT2D eigenvalue weighted by Crippen LogP contribution is -2.04. The highest BCUT2D eigenvalue weighted by molar-refractivity contribution is 5.13. The first-order chi connectivity index (χ1) is 6.43. The van der Waals surface area contributed by atoms with Gasteiger partial charge in [0.25, 0.3) is 0 Å². The SMILES string of the molecule is C#C.CC.CNCc1ccccc1. The van der Waals surface area contributed by atoms with Crippen LogP contribution < -0.4 is 5.32 Å². The first-order valence-electron chi connectivity index (χ1n) is 4.45. The summed E-state index contributed by atoms with van der Waals surface area (Å²) in [4.78, 5) is 0. The van der Waals surface area contributed by atoms with Crippen LogP contribution in [0.3, 0.4) is 0 Å². The van der Waals surface area contributed by atoms with Crippen LogP contribution in [0.4, 0.5) is 0 Å². The van der Waals surface area contributed by atoms with Crippen LogP contribution in [0.1, 0.15) is 19.4 Å². The van der Waals surface area contributed by atoms with Crippen molar-refractivity contribution in [2.45, 2.75) is 20.4 Å². The number of terminal acetylenes is 1. The predicted octanol–water partition coefficient (Wildman–Crippen LogP) is 2.68. The molecule has 0 aliphatic carbocycles. The van der Waals surface area contributed by atoms with Gasteiger partial charge in [0.15, 0.2) is 0 Å². The van der Waals surface area contributed by atoms with Crippen LogP contribution in [0.15, 0.2) is 30.3 Å². The number of hydrogen-bond donors (Lipinski definition) is 1. The van der Waals surface area contributed by atoms with E-state index in [0.29, 0.717) is 0 Å². The first-order valence-corrected chi connectivity index (χ1v) is 4.45. The average Bonchev–Trinajstić information content (AvgIpc) is 2.26. The van der Waals surface area contributed by atoms with Gasteiger partial charge in [-0.1, -0.05) is 44.2 Å². The van der Waals surface area contributed by atoms with Crippen molar-refractivity contribution in [1.29, 1.82) is 0 Å². The smallest absolute Gasteiger partial charge is 0.0202 e. The van der Waals surface area contributed by atoms with Gasteiger partial charge >= 0.3 is 0 Å². The van der Waals surface area contributed by atoms with Crippen molar-refractivity contribution in [2.24, 2.45) is 0 Å². The second kappa shape index (κ2) is 13.3. The van der Waals surface area contributed by atoms with E-state index in [1.807, 2.05) is 39.1 Å². The van der Waals surface area contributed by atoms with Gasteiger partial charge in [0.05, 0.1) is 0 Å². The Kier molecular flexibility index (Phi) is 14.6. The van der Waals surface area contributed by atoms with Gasteiger partial charge in [-0.2, -0.15) is 0 Å². The van der Waals surface area contributed by atoms with Crippen molar-refractivity contribution in [1.82, 2.24) is 5.32 Å². The van der Waals surface area contributed by atoms with Gasteiger partial charge in [-0.25, -0.2) is 0 Å². The van der Waals surface area contributed by atoms with Crippen LogP contribution in [0.5, 0.6) is 0 Å². The molecule has 0 aliphatic heterocycles. The van der Waals surface area contributed by atoms with Gasteiger partial charge in [0, 0.05) is 6.54 Å². The summed E-state index contributed by atoms with van der Waals surface area (Å²) < 4.78 is 0. The van der Waals surface area contributed by atoms with Crippen molar-refractivity contribution in [3.05, 3.63) is 35.9 Å². The highest BCUT2D eigenvalue weighted by Crippen LogP contribution is 1.95. The fourth-order valence-corrected chi connectivity index (χ4v) is 0.800. The van der Waals surface area contributed by atoms with E-state index in [1.165, 1.54) is 5.56 Å². The van der Waals surface area contributed by atoms with Gasteiger partial charge in [-0.15, -0.1) is 12.8 Å². The van der Waals surface area contributed by atoms with E-state index in [9.17, 15) is 0 Å². The molecule has 1 heteroatoms. The largest absolute Gasteiger partial charge is 0.316 e. The summed E-state index contributed by atoms with van der Waals surface area (Å²) in [5.74, 6) is 0. The lowest BCUT2D eigenvalue weighted by molar-refractivity contribution is 0.818. The van der Waals surface area contributed by atoms with E-state index < -0.39 is 0 Å². The second-order valence-electron chi connectivity index (χ2n) is 2.02. The zero-order chi connectivity index (χ0) is 10.5. The molecule has 0 bridgehead atoms. The molecule has 0 fully saturated rings. The fourth-order valence-electron chi connectivity index (χ4n) is 0.800. The molecule has 1 aromatic carbocycles. The van der Waals surface area contributed by atoms with Crippen LogP contribution in [0.25, 0.3) is 0 Å². The molecule has 0 aromatic heterocycles. The maximum Gasteiger partial charge on any atom is 0.0202 e. The standard InChI is InChI=1S/C8H11N.C2H6.C2H2/c1-9-7-8-5-3-2-4-6-8;2*1-2/h2-6,9H,7H2,1H3;1-2H3;1-2H. The summed E-state index contributed by atoms with van der Waals surface area (Å²) in [5, 5.41) is 3.08. The molecule has 1 N–H and O–H groups in total. The highest BCUT2D eigenvalue weighted by atomic mass is 14.8. The molecular weight excluding hydrogens is 158 g/mol. The Bertz CT molecular complexity index is 189. The highest BCUT2D eigenvalue weighted by Gasteiger charge is 1.83. The van der Waals surface area contributed by atoms with E-state index in [4.69, 9.17) is 0 Å². The Morgan fingerprint density at radius 2 is 1.54 bits per heavy atom. The normalized spacial score (nSPS) is 7.15. The summed E-state index contributed by atoms with van der Waals surface area (Å²) in [6, 6.07) is 10.3. The lowest BCUT2D eigenvalue weighted by Gasteiger charge is -1.95. The third-order valence-electron chi connectivity index (χ3n) is 1.22. The maximum absolute atomic E-state index is 4.00. The van der Waals surface area contributed by atoms with Gasteiger partial charge in [-0.05, 0) is 12.6 Å². The zero-order valence-corrected chi connectivity index (χ0v) is 8.75. The van der Waals surface area contributed by atoms with Gasteiger partial charge in [0.1, 0.15) is 0 Å². The Morgan fingerprint density at radius 1 is 1.08 bits per heavy atom. The fraction of sp³-hybridized carbons (Fsp3) is 0.333. The Morgan fingerprint density at radius 3 is 1.92 bits per heavy atom. The summed E-state index contributed by atoms with van der Waals surface area (Å²) in [6.07, 6.45) is 8.00. The van der Waals surface area contributed by atoms with Crippen molar-refractivity contribution in [2.75, 3.05) is 7.05 Å². The van der Waals surface area contributed by atoms with Crippen LogP contribution in [0.2, 0.25) is 0 Å². The quantitative estimate of drug-likeness (QED) is 0.685. The molecule has 72 valence electrons. The third-order valence-corrected chi connectivity index (χ3v) is 1.22.